The molecule has 1 saturated carbocycles. The third-order valence-corrected chi connectivity index (χ3v) is 3.31. The van der Waals surface area contributed by atoms with Gasteiger partial charge in [-0.25, -0.2) is 0 Å². The average molecular weight is 269 g/mol. The quantitative estimate of drug-likeness (QED) is 0.289. The molecular weight excluding hydrogens is 242 g/mol. The molecule has 0 spiro atoms. The van der Waals surface area contributed by atoms with E-state index in [9.17, 15) is 4.79 Å². The Morgan fingerprint density at radius 2 is 1.95 bits per heavy atom. The van der Waals surface area contributed by atoms with E-state index in [1.165, 1.54) is 20.0 Å². The second-order valence-corrected chi connectivity index (χ2v) is 5.06. The van der Waals surface area contributed by atoms with Gasteiger partial charge in [-0.15, -0.1) is 0 Å². The molecule has 0 amide bonds. The molecule has 0 atom stereocenters. The summed E-state index contributed by atoms with van der Waals surface area (Å²) in [6, 6.07) is 0. The SMILES string of the molecule is CN=C(NCCCCCCC(=O)OC)NCC1CC1. The molecule has 110 valence electrons. The fourth-order valence-electron chi connectivity index (χ4n) is 1.84. The maximum Gasteiger partial charge on any atom is 0.305 e. The molecule has 0 heterocycles. The Bertz CT molecular complexity index is 288. The van der Waals surface area contributed by atoms with Crippen LogP contribution in [0.4, 0.5) is 0 Å². The molecule has 0 aromatic heterocycles. The van der Waals surface area contributed by atoms with Gasteiger partial charge in [-0.05, 0) is 31.6 Å². The van der Waals surface area contributed by atoms with Crippen molar-refractivity contribution in [2.24, 2.45) is 10.9 Å². The summed E-state index contributed by atoms with van der Waals surface area (Å²) < 4.78 is 4.60. The lowest BCUT2D eigenvalue weighted by Crippen LogP contribution is -2.38. The first-order valence-electron chi connectivity index (χ1n) is 7.27. The zero-order chi connectivity index (χ0) is 13.9. The predicted molar refractivity (Wildman–Crippen MR) is 77.2 cm³/mol. The van der Waals surface area contributed by atoms with Gasteiger partial charge in [-0.1, -0.05) is 12.8 Å². The Morgan fingerprint density at radius 3 is 2.58 bits per heavy atom. The van der Waals surface area contributed by atoms with E-state index in [1.54, 1.807) is 7.05 Å². The first-order chi connectivity index (χ1) is 9.26. The molecule has 5 nitrogen and oxygen atoms in total. The number of carbonyl (C=O) groups excluding carboxylic acids is 1. The number of aliphatic imine (C=N–C) groups is 1. The molecule has 1 aliphatic carbocycles. The molecule has 0 unspecified atom stereocenters. The highest BCUT2D eigenvalue weighted by Crippen LogP contribution is 2.27. The van der Waals surface area contributed by atoms with Crippen LogP contribution in [0.25, 0.3) is 0 Å². The lowest BCUT2D eigenvalue weighted by atomic mass is 10.1. The number of methoxy groups -OCH3 is 1. The molecular formula is C14H27N3O2. The number of hydrogen-bond acceptors (Lipinski definition) is 3. The van der Waals surface area contributed by atoms with Crippen LogP contribution in [0, 0.1) is 5.92 Å². The molecule has 0 saturated heterocycles. The molecule has 2 N–H and O–H groups in total. The van der Waals surface area contributed by atoms with Crippen LogP contribution in [0.3, 0.4) is 0 Å². The second-order valence-electron chi connectivity index (χ2n) is 5.06. The number of carbonyl (C=O) groups is 1. The van der Waals surface area contributed by atoms with E-state index in [1.807, 2.05) is 0 Å². The fourth-order valence-corrected chi connectivity index (χ4v) is 1.84. The highest BCUT2D eigenvalue weighted by molar-refractivity contribution is 5.79. The Morgan fingerprint density at radius 1 is 1.21 bits per heavy atom. The number of guanidine groups is 1. The van der Waals surface area contributed by atoms with Crippen LogP contribution in [0.5, 0.6) is 0 Å². The van der Waals surface area contributed by atoms with Crippen LogP contribution in [-0.4, -0.2) is 39.2 Å². The summed E-state index contributed by atoms with van der Waals surface area (Å²) in [6.07, 6.45) is 7.46. The van der Waals surface area contributed by atoms with Gasteiger partial charge in [0.2, 0.25) is 0 Å². The molecule has 0 bridgehead atoms. The van der Waals surface area contributed by atoms with Gasteiger partial charge < -0.3 is 15.4 Å². The number of nitrogens with zero attached hydrogens (tertiary/aromatic N) is 1. The Balaban J connectivity index is 1.89. The molecule has 5 heteroatoms. The lowest BCUT2D eigenvalue weighted by molar-refractivity contribution is -0.140. The Kier molecular flexibility index (Phi) is 8.02. The van der Waals surface area contributed by atoms with Gasteiger partial charge in [0.05, 0.1) is 7.11 Å². The van der Waals surface area contributed by atoms with Crippen LogP contribution in [0.15, 0.2) is 4.99 Å². The topological polar surface area (TPSA) is 62.7 Å². The van der Waals surface area contributed by atoms with E-state index in [0.717, 1.165) is 50.7 Å². The van der Waals surface area contributed by atoms with E-state index in [2.05, 4.69) is 20.4 Å². The zero-order valence-corrected chi connectivity index (χ0v) is 12.2. The third kappa shape index (κ3) is 8.46. The van der Waals surface area contributed by atoms with Crippen molar-refractivity contribution in [2.75, 3.05) is 27.2 Å². The molecule has 1 fully saturated rings. The summed E-state index contributed by atoms with van der Waals surface area (Å²) in [6.45, 7) is 1.97. The minimum atomic E-state index is -0.109. The molecule has 0 aliphatic heterocycles. The van der Waals surface area contributed by atoms with E-state index in [4.69, 9.17) is 0 Å². The van der Waals surface area contributed by atoms with E-state index in [0.29, 0.717) is 6.42 Å². The normalized spacial score (nSPS) is 15.2. The van der Waals surface area contributed by atoms with Crippen molar-refractivity contribution in [1.82, 2.24) is 10.6 Å². The third-order valence-electron chi connectivity index (χ3n) is 3.31. The lowest BCUT2D eigenvalue weighted by Gasteiger charge is -2.11. The van der Waals surface area contributed by atoms with Gasteiger partial charge in [0.15, 0.2) is 5.96 Å². The van der Waals surface area contributed by atoms with Gasteiger partial charge >= 0.3 is 5.97 Å². The van der Waals surface area contributed by atoms with Crippen molar-refractivity contribution in [3.05, 3.63) is 0 Å². The first kappa shape index (κ1) is 15.8. The van der Waals surface area contributed by atoms with Gasteiger partial charge in [-0.2, -0.15) is 0 Å². The van der Waals surface area contributed by atoms with Crippen molar-refractivity contribution in [3.63, 3.8) is 0 Å². The van der Waals surface area contributed by atoms with Crippen LogP contribution in [0.1, 0.15) is 44.9 Å². The average Bonchev–Trinajstić information content (AvgIpc) is 3.24. The summed E-state index contributed by atoms with van der Waals surface area (Å²) >= 11 is 0. The highest BCUT2D eigenvalue weighted by atomic mass is 16.5. The highest BCUT2D eigenvalue weighted by Gasteiger charge is 2.20. The summed E-state index contributed by atoms with van der Waals surface area (Å²) in [5.74, 6) is 1.65. The van der Waals surface area contributed by atoms with Gasteiger partial charge in [0.1, 0.15) is 0 Å². The van der Waals surface area contributed by atoms with Gasteiger partial charge in [0, 0.05) is 26.6 Å². The standard InChI is InChI=1S/C14H27N3O2/c1-15-14(17-11-12-8-9-12)16-10-6-4-3-5-7-13(18)19-2/h12H,3-11H2,1-2H3,(H2,15,16,17). The van der Waals surface area contributed by atoms with E-state index < -0.39 is 0 Å². The van der Waals surface area contributed by atoms with E-state index >= 15 is 0 Å². The summed E-state index contributed by atoms with van der Waals surface area (Å²) in [7, 11) is 3.24. The summed E-state index contributed by atoms with van der Waals surface area (Å²) in [5, 5.41) is 6.64. The second kappa shape index (κ2) is 9.64. The number of esters is 1. The molecule has 0 aromatic carbocycles. The van der Waals surface area contributed by atoms with Gasteiger partial charge in [-0.3, -0.25) is 9.79 Å². The molecule has 19 heavy (non-hydrogen) atoms. The number of hydrogen-bond donors (Lipinski definition) is 2. The zero-order valence-electron chi connectivity index (χ0n) is 12.2. The Hall–Kier alpha value is -1.26. The monoisotopic (exact) mass is 269 g/mol. The number of nitrogens with one attached hydrogen (secondary N) is 2. The largest absolute Gasteiger partial charge is 0.469 e. The fraction of sp³-hybridized carbons (Fsp3) is 0.857. The van der Waals surface area contributed by atoms with Gasteiger partial charge in [0.25, 0.3) is 0 Å². The minimum absolute atomic E-state index is 0.109. The van der Waals surface area contributed by atoms with Crippen LogP contribution < -0.4 is 10.6 Å². The molecule has 0 radical (unpaired) electrons. The van der Waals surface area contributed by atoms with Crippen LogP contribution >= 0.6 is 0 Å². The van der Waals surface area contributed by atoms with Crippen molar-refractivity contribution >= 4 is 11.9 Å². The first-order valence-corrected chi connectivity index (χ1v) is 7.27. The molecule has 1 rings (SSSR count). The maximum absolute atomic E-state index is 10.9. The summed E-state index contributed by atoms with van der Waals surface area (Å²) in [5.41, 5.74) is 0. The van der Waals surface area contributed by atoms with Crippen molar-refractivity contribution in [2.45, 2.75) is 44.9 Å². The number of unbranched alkanes of at least 4 members (excludes halogenated alkanes) is 3. The van der Waals surface area contributed by atoms with Crippen molar-refractivity contribution < 1.29 is 9.53 Å². The number of rotatable bonds is 9. The van der Waals surface area contributed by atoms with Crippen molar-refractivity contribution in [3.8, 4) is 0 Å². The molecule has 0 aromatic rings. The maximum atomic E-state index is 10.9. The predicted octanol–water partition coefficient (Wildman–Crippen LogP) is 1.68. The van der Waals surface area contributed by atoms with E-state index in [-0.39, 0.29) is 5.97 Å². The minimum Gasteiger partial charge on any atom is -0.469 e. The Labute approximate surface area is 116 Å². The van der Waals surface area contributed by atoms with Crippen LogP contribution in [0.2, 0.25) is 0 Å². The smallest absolute Gasteiger partial charge is 0.305 e. The number of ether oxygens (including phenoxy) is 1. The summed E-state index contributed by atoms with van der Waals surface area (Å²) in [4.78, 5) is 15.1. The van der Waals surface area contributed by atoms with Crippen molar-refractivity contribution in [1.29, 1.82) is 0 Å². The molecule has 1 aliphatic rings. The van der Waals surface area contributed by atoms with Crippen LogP contribution in [-0.2, 0) is 9.53 Å².